The summed E-state index contributed by atoms with van der Waals surface area (Å²) in [5, 5.41) is 12.5. The van der Waals surface area contributed by atoms with E-state index in [2.05, 4.69) is 20.6 Å². The van der Waals surface area contributed by atoms with Gasteiger partial charge in [0.15, 0.2) is 17.5 Å². The number of carbonyl (C=O) groups is 2. The number of ketones is 1. The SMILES string of the molecule is COC(C)(C)C(=O)NC(CCCNC(=N)N)C(=O)COc1cnc(C)nc1. The van der Waals surface area contributed by atoms with Crippen molar-refractivity contribution in [3.05, 3.63) is 18.2 Å². The van der Waals surface area contributed by atoms with Gasteiger partial charge in [-0.3, -0.25) is 15.0 Å². The van der Waals surface area contributed by atoms with Crippen molar-refractivity contribution in [2.75, 3.05) is 20.3 Å². The molecule has 27 heavy (non-hydrogen) atoms. The lowest BCUT2D eigenvalue weighted by atomic mass is 10.0. The number of Topliss-reactive ketones (excluding diaryl/α,β-unsaturated/α-hetero) is 1. The van der Waals surface area contributed by atoms with E-state index >= 15 is 0 Å². The van der Waals surface area contributed by atoms with Gasteiger partial charge in [-0.15, -0.1) is 0 Å². The molecule has 0 bridgehead atoms. The lowest BCUT2D eigenvalue weighted by Crippen LogP contribution is -2.51. The van der Waals surface area contributed by atoms with Crippen LogP contribution in [0.25, 0.3) is 0 Å². The number of nitrogens with two attached hydrogens (primary N) is 1. The topological polar surface area (TPSA) is 152 Å². The first-order valence-corrected chi connectivity index (χ1v) is 8.54. The lowest BCUT2D eigenvalue weighted by Gasteiger charge is -2.25. The van der Waals surface area contributed by atoms with Crippen molar-refractivity contribution in [1.82, 2.24) is 20.6 Å². The average Bonchev–Trinajstić information content (AvgIpc) is 2.63. The molecule has 0 radical (unpaired) electrons. The molecule has 0 aliphatic heterocycles. The standard InChI is InChI=1S/C17H28N6O4/c1-11-21-8-12(9-22-11)27-10-14(24)13(6-5-7-20-16(18)19)23-15(25)17(2,3)26-4/h8-9,13H,5-7,10H2,1-4H3,(H,23,25)(H4,18,19,20). The second kappa shape index (κ2) is 10.4. The molecule has 1 aromatic rings. The predicted molar refractivity (Wildman–Crippen MR) is 99.4 cm³/mol. The Morgan fingerprint density at radius 3 is 2.52 bits per heavy atom. The summed E-state index contributed by atoms with van der Waals surface area (Å²) in [6.45, 7) is 5.15. The number of aromatic nitrogens is 2. The third kappa shape index (κ3) is 7.99. The van der Waals surface area contributed by atoms with Gasteiger partial charge in [0.1, 0.15) is 18.0 Å². The molecule has 0 saturated heterocycles. The zero-order valence-electron chi connectivity index (χ0n) is 16.2. The van der Waals surface area contributed by atoms with E-state index < -0.39 is 17.6 Å². The van der Waals surface area contributed by atoms with E-state index in [0.29, 0.717) is 31.0 Å². The monoisotopic (exact) mass is 380 g/mol. The van der Waals surface area contributed by atoms with Gasteiger partial charge in [-0.25, -0.2) is 9.97 Å². The molecular weight excluding hydrogens is 352 g/mol. The fraction of sp³-hybridized carbons (Fsp3) is 0.588. The number of carbonyl (C=O) groups excluding carboxylic acids is 2. The largest absolute Gasteiger partial charge is 0.483 e. The molecule has 1 aromatic heterocycles. The van der Waals surface area contributed by atoms with Crippen LogP contribution in [0, 0.1) is 12.3 Å². The first-order valence-electron chi connectivity index (χ1n) is 8.54. The van der Waals surface area contributed by atoms with Crippen LogP contribution < -0.4 is 21.1 Å². The number of nitrogens with one attached hydrogen (secondary N) is 3. The summed E-state index contributed by atoms with van der Waals surface area (Å²) in [6, 6.07) is -0.757. The molecular formula is C17H28N6O4. The van der Waals surface area contributed by atoms with Gasteiger partial charge in [0.25, 0.3) is 5.91 Å². The predicted octanol–water partition coefficient (Wildman–Crippen LogP) is -0.0940. The molecule has 0 fully saturated rings. The summed E-state index contributed by atoms with van der Waals surface area (Å²) in [7, 11) is 1.42. The summed E-state index contributed by atoms with van der Waals surface area (Å²) in [5.41, 5.74) is 4.17. The van der Waals surface area contributed by atoms with E-state index in [1.165, 1.54) is 19.5 Å². The summed E-state index contributed by atoms with van der Waals surface area (Å²) in [5.74, 6) is 0.124. The molecule has 0 spiro atoms. The highest BCUT2D eigenvalue weighted by molar-refractivity contribution is 5.92. The Morgan fingerprint density at radius 2 is 1.96 bits per heavy atom. The number of methoxy groups -OCH3 is 1. The normalized spacial score (nSPS) is 12.1. The average molecular weight is 380 g/mol. The van der Waals surface area contributed by atoms with Crippen molar-refractivity contribution in [2.24, 2.45) is 5.73 Å². The van der Waals surface area contributed by atoms with E-state index in [-0.39, 0.29) is 18.3 Å². The molecule has 0 aliphatic carbocycles. The molecule has 1 atom stereocenters. The highest BCUT2D eigenvalue weighted by atomic mass is 16.5. The number of hydrogen-bond acceptors (Lipinski definition) is 7. The van der Waals surface area contributed by atoms with Crippen LogP contribution in [0.4, 0.5) is 0 Å². The van der Waals surface area contributed by atoms with Crippen molar-refractivity contribution >= 4 is 17.6 Å². The Balaban J connectivity index is 2.69. The zero-order valence-corrected chi connectivity index (χ0v) is 16.2. The second-order valence-electron chi connectivity index (χ2n) is 6.44. The maximum atomic E-state index is 12.6. The summed E-state index contributed by atoms with van der Waals surface area (Å²) < 4.78 is 10.6. The number of hydrogen-bond donors (Lipinski definition) is 4. The van der Waals surface area contributed by atoms with Crippen LogP contribution >= 0.6 is 0 Å². The van der Waals surface area contributed by atoms with E-state index in [4.69, 9.17) is 20.6 Å². The highest BCUT2D eigenvalue weighted by Gasteiger charge is 2.31. The number of aryl methyl sites for hydroxylation is 1. The first kappa shape index (κ1) is 22.3. The molecule has 0 saturated carbocycles. The van der Waals surface area contributed by atoms with Gasteiger partial charge >= 0.3 is 0 Å². The van der Waals surface area contributed by atoms with Gasteiger partial charge < -0.3 is 25.8 Å². The molecule has 0 aromatic carbocycles. The molecule has 1 heterocycles. The molecule has 10 nitrogen and oxygen atoms in total. The van der Waals surface area contributed by atoms with Crippen molar-refractivity contribution in [3.8, 4) is 5.75 Å². The smallest absolute Gasteiger partial charge is 0.252 e. The number of ether oxygens (including phenoxy) is 2. The minimum Gasteiger partial charge on any atom is -0.483 e. The Bertz CT molecular complexity index is 647. The number of nitrogens with zero attached hydrogens (tertiary/aromatic N) is 2. The van der Waals surface area contributed by atoms with Gasteiger partial charge in [-0.2, -0.15) is 0 Å². The van der Waals surface area contributed by atoms with Gasteiger partial charge in [0, 0.05) is 13.7 Å². The van der Waals surface area contributed by atoms with Gasteiger partial charge in [-0.1, -0.05) is 0 Å². The van der Waals surface area contributed by atoms with Crippen LogP contribution in [-0.4, -0.2) is 59.5 Å². The van der Waals surface area contributed by atoms with Crippen LogP contribution in [0.15, 0.2) is 12.4 Å². The maximum Gasteiger partial charge on any atom is 0.252 e. The summed E-state index contributed by atoms with van der Waals surface area (Å²) >= 11 is 0. The third-order valence-electron chi connectivity index (χ3n) is 3.87. The van der Waals surface area contributed by atoms with Gasteiger partial charge in [0.05, 0.1) is 18.4 Å². The van der Waals surface area contributed by atoms with Crippen LogP contribution in [0.5, 0.6) is 5.75 Å². The van der Waals surface area contributed by atoms with E-state index in [1.54, 1.807) is 20.8 Å². The van der Waals surface area contributed by atoms with Crippen LogP contribution in [0.1, 0.15) is 32.5 Å². The Kier molecular flexibility index (Phi) is 8.60. The maximum absolute atomic E-state index is 12.6. The molecule has 1 amide bonds. The van der Waals surface area contributed by atoms with Crippen molar-refractivity contribution < 1.29 is 19.1 Å². The molecule has 1 rings (SSSR count). The number of rotatable bonds is 11. The minimum absolute atomic E-state index is 0.148. The molecule has 1 unspecified atom stereocenters. The Hall–Kier alpha value is -2.75. The molecule has 10 heteroatoms. The van der Waals surface area contributed by atoms with Crippen molar-refractivity contribution in [3.63, 3.8) is 0 Å². The van der Waals surface area contributed by atoms with Crippen molar-refractivity contribution in [2.45, 2.75) is 45.3 Å². The number of guanidine groups is 1. The summed E-state index contributed by atoms with van der Waals surface area (Å²) in [4.78, 5) is 32.9. The van der Waals surface area contributed by atoms with E-state index in [0.717, 1.165) is 0 Å². The van der Waals surface area contributed by atoms with Gasteiger partial charge in [0.2, 0.25) is 0 Å². The highest BCUT2D eigenvalue weighted by Crippen LogP contribution is 2.11. The minimum atomic E-state index is -1.07. The fourth-order valence-electron chi connectivity index (χ4n) is 1.98. The fourth-order valence-corrected chi connectivity index (χ4v) is 1.98. The third-order valence-corrected chi connectivity index (χ3v) is 3.87. The van der Waals surface area contributed by atoms with Crippen LogP contribution in [-0.2, 0) is 14.3 Å². The van der Waals surface area contributed by atoms with E-state index in [1.807, 2.05) is 0 Å². The lowest BCUT2D eigenvalue weighted by molar-refractivity contribution is -0.142. The second-order valence-corrected chi connectivity index (χ2v) is 6.44. The molecule has 0 aliphatic rings. The van der Waals surface area contributed by atoms with Crippen LogP contribution in [0.2, 0.25) is 0 Å². The number of amides is 1. The molecule has 5 N–H and O–H groups in total. The van der Waals surface area contributed by atoms with Crippen molar-refractivity contribution in [1.29, 1.82) is 5.41 Å². The zero-order chi connectivity index (χ0) is 20.4. The van der Waals surface area contributed by atoms with Crippen LogP contribution in [0.3, 0.4) is 0 Å². The van der Waals surface area contributed by atoms with E-state index in [9.17, 15) is 9.59 Å². The first-order chi connectivity index (χ1) is 12.7. The quantitative estimate of drug-likeness (QED) is 0.236. The Morgan fingerprint density at radius 1 is 1.33 bits per heavy atom. The van der Waals surface area contributed by atoms with Gasteiger partial charge in [-0.05, 0) is 33.6 Å². The molecule has 150 valence electrons. The summed E-state index contributed by atoms with van der Waals surface area (Å²) in [6.07, 6.45) is 3.84. The Labute approximate surface area is 158 Å².